The second-order valence-electron chi connectivity index (χ2n) is 4.93. The van der Waals surface area contributed by atoms with Crippen LogP contribution in [-0.4, -0.2) is 6.61 Å². The van der Waals surface area contributed by atoms with Gasteiger partial charge in [0.05, 0.1) is 17.2 Å². The second kappa shape index (κ2) is 7.27. The Kier molecular flexibility index (Phi) is 4.69. The topological polar surface area (TPSA) is 39.4 Å². The number of benzene rings is 2. The van der Waals surface area contributed by atoms with Crippen molar-refractivity contribution in [3.8, 4) is 11.1 Å². The summed E-state index contributed by atoms with van der Waals surface area (Å²) in [7, 11) is 0. The Bertz CT molecular complexity index is 877. The van der Waals surface area contributed by atoms with Gasteiger partial charge >= 0.3 is 0 Å². The number of ether oxygens (including phenoxy) is 1. The van der Waals surface area contributed by atoms with Gasteiger partial charge in [-0.1, -0.05) is 48.5 Å². The molecular formula is C20H16O3. The molecule has 0 saturated heterocycles. The number of para-hydroxylation sites is 1. The molecule has 1 aliphatic rings. The molecule has 0 saturated carbocycles. The number of fused-ring (bicyclic) bond motifs is 1. The smallest absolute Gasteiger partial charge is 0.200 e. The molecule has 3 nitrogen and oxygen atoms in total. The highest BCUT2D eigenvalue weighted by Gasteiger charge is 2.07. The van der Waals surface area contributed by atoms with Crippen molar-refractivity contribution in [2.75, 3.05) is 6.61 Å². The third kappa shape index (κ3) is 3.58. The average Bonchev–Trinajstić information content (AvgIpc) is 2.65. The standard InChI is InChI=1S/C15H10O2.C5H6O/c16-15-12-8-4-5-9-14(12)17-10-13(15)11-6-2-1-3-7-11;1-2-4-6-5-3-1/h1-10H;1-4H,5H2. The van der Waals surface area contributed by atoms with Gasteiger partial charge in [0, 0.05) is 0 Å². The highest BCUT2D eigenvalue weighted by atomic mass is 16.5. The summed E-state index contributed by atoms with van der Waals surface area (Å²) >= 11 is 0. The molecule has 3 aromatic rings. The molecule has 114 valence electrons. The lowest BCUT2D eigenvalue weighted by atomic mass is 10.1. The van der Waals surface area contributed by atoms with Gasteiger partial charge in [0.1, 0.15) is 18.5 Å². The van der Waals surface area contributed by atoms with Crippen LogP contribution in [0.25, 0.3) is 22.1 Å². The Hall–Kier alpha value is -3.07. The quantitative estimate of drug-likeness (QED) is 0.662. The lowest BCUT2D eigenvalue weighted by Gasteiger charge is -2.01. The largest absolute Gasteiger partial charge is 0.497 e. The minimum atomic E-state index is 0.0121. The Balaban J connectivity index is 0.000000220. The summed E-state index contributed by atoms with van der Waals surface area (Å²) in [6.07, 6.45) is 8.99. The fourth-order valence-corrected chi connectivity index (χ4v) is 2.24. The Morgan fingerprint density at radius 3 is 2.30 bits per heavy atom. The van der Waals surface area contributed by atoms with E-state index in [0.717, 1.165) is 12.2 Å². The second-order valence-corrected chi connectivity index (χ2v) is 4.93. The highest BCUT2D eigenvalue weighted by molar-refractivity contribution is 5.81. The lowest BCUT2D eigenvalue weighted by Crippen LogP contribution is -2.04. The monoisotopic (exact) mass is 304 g/mol. The predicted octanol–water partition coefficient (Wildman–Crippen LogP) is 4.55. The predicted molar refractivity (Wildman–Crippen MR) is 92.2 cm³/mol. The number of rotatable bonds is 1. The van der Waals surface area contributed by atoms with Crippen LogP contribution in [0.2, 0.25) is 0 Å². The summed E-state index contributed by atoms with van der Waals surface area (Å²) in [4.78, 5) is 12.3. The molecule has 0 radical (unpaired) electrons. The minimum absolute atomic E-state index is 0.0121. The maximum absolute atomic E-state index is 12.3. The molecule has 0 atom stereocenters. The van der Waals surface area contributed by atoms with E-state index in [1.807, 2.05) is 60.7 Å². The first-order valence-electron chi connectivity index (χ1n) is 7.35. The van der Waals surface area contributed by atoms with Crippen LogP contribution in [0.5, 0.6) is 0 Å². The van der Waals surface area contributed by atoms with Crippen molar-refractivity contribution >= 4 is 11.0 Å². The summed E-state index contributed by atoms with van der Waals surface area (Å²) in [5, 5.41) is 0.619. The molecule has 0 N–H and O–H groups in total. The molecule has 0 fully saturated rings. The van der Waals surface area contributed by atoms with E-state index in [9.17, 15) is 4.79 Å². The molecule has 4 rings (SSSR count). The van der Waals surface area contributed by atoms with Gasteiger partial charge in [0.25, 0.3) is 0 Å². The lowest BCUT2D eigenvalue weighted by molar-refractivity contribution is 0.286. The summed E-state index contributed by atoms with van der Waals surface area (Å²) < 4.78 is 10.3. The molecule has 0 aliphatic carbocycles. The molecule has 0 spiro atoms. The molecule has 1 aromatic heterocycles. The Morgan fingerprint density at radius 1 is 0.870 bits per heavy atom. The van der Waals surface area contributed by atoms with E-state index in [-0.39, 0.29) is 5.43 Å². The van der Waals surface area contributed by atoms with Gasteiger partial charge in [-0.05, 0) is 29.8 Å². The van der Waals surface area contributed by atoms with Crippen molar-refractivity contribution in [1.29, 1.82) is 0 Å². The van der Waals surface area contributed by atoms with Gasteiger partial charge in [-0.2, -0.15) is 0 Å². The van der Waals surface area contributed by atoms with Crippen molar-refractivity contribution in [1.82, 2.24) is 0 Å². The van der Waals surface area contributed by atoms with Gasteiger partial charge in [-0.25, -0.2) is 0 Å². The van der Waals surface area contributed by atoms with Crippen LogP contribution in [0.4, 0.5) is 0 Å². The molecular weight excluding hydrogens is 288 g/mol. The van der Waals surface area contributed by atoms with Gasteiger partial charge in [0.2, 0.25) is 0 Å². The molecule has 3 heteroatoms. The van der Waals surface area contributed by atoms with E-state index >= 15 is 0 Å². The minimum Gasteiger partial charge on any atom is -0.497 e. The van der Waals surface area contributed by atoms with Crippen LogP contribution in [-0.2, 0) is 4.74 Å². The summed E-state index contributed by atoms with van der Waals surface area (Å²) in [6.45, 7) is 0.733. The number of hydrogen-bond donors (Lipinski definition) is 0. The van der Waals surface area contributed by atoms with Crippen molar-refractivity contribution in [2.24, 2.45) is 0 Å². The molecule has 2 heterocycles. The highest BCUT2D eigenvalue weighted by Crippen LogP contribution is 2.18. The average molecular weight is 304 g/mol. The van der Waals surface area contributed by atoms with E-state index in [4.69, 9.17) is 9.15 Å². The first-order chi connectivity index (χ1) is 11.4. The number of hydrogen-bond acceptors (Lipinski definition) is 3. The van der Waals surface area contributed by atoms with Crippen LogP contribution in [0.3, 0.4) is 0 Å². The van der Waals surface area contributed by atoms with Crippen LogP contribution in [0.15, 0.2) is 94.6 Å². The molecule has 1 aliphatic heterocycles. The van der Waals surface area contributed by atoms with E-state index < -0.39 is 0 Å². The SMILES string of the molecule is C1=CCOC=C1.O=c1c(-c2ccccc2)coc2ccccc12. The van der Waals surface area contributed by atoms with Crippen molar-refractivity contribution < 1.29 is 9.15 Å². The summed E-state index contributed by atoms with van der Waals surface area (Å²) in [5.41, 5.74) is 2.12. The van der Waals surface area contributed by atoms with Crippen molar-refractivity contribution in [3.63, 3.8) is 0 Å². The number of allylic oxidation sites excluding steroid dienone is 2. The molecule has 0 bridgehead atoms. The molecule has 0 unspecified atom stereocenters. The first-order valence-corrected chi connectivity index (χ1v) is 7.35. The van der Waals surface area contributed by atoms with Crippen LogP contribution >= 0.6 is 0 Å². The van der Waals surface area contributed by atoms with Crippen molar-refractivity contribution in [3.05, 3.63) is 95.6 Å². The van der Waals surface area contributed by atoms with Crippen molar-refractivity contribution in [2.45, 2.75) is 0 Å². The van der Waals surface area contributed by atoms with E-state index in [2.05, 4.69) is 0 Å². The maximum atomic E-state index is 12.3. The summed E-state index contributed by atoms with van der Waals surface area (Å²) in [6, 6.07) is 16.8. The molecule has 23 heavy (non-hydrogen) atoms. The molecule has 2 aromatic carbocycles. The fraction of sp³-hybridized carbons (Fsp3) is 0.0500. The van der Waals surface area contributed by atoms with E-state index in [1.54, 1.807) is 18.4 Å². The van der Waals surface area contributed by atoms with Crippen LogP contribution < -0.4 is 5.43 Å². The zero-order valence-electron chi connectivity index (χ0n) is 12.5. The van der Waals surface area contributed by atoms with Gasteiger partial charge < -0.3 is 9.15 Å². The summed E-state index contributed by atoms with van der Waals surface area (Å²) in [5.74, 6) is 0. The first kappa shape index (κ1) is 14.9. The van der Waals surface area contributed by atoms with Crippen LogP contribution in [0.1, 0.15) is 0 Å². The van der Waals surface area contributed by atoms with Gasteiger partial charge in [-0.3, -0.25) is 4.79 Å². The van der Waals surface area contributed by atoms with Crippen LogP contribution in [0, 0.1) is 0 Å². The maximum Gasteiger partial charge on any atom is 0.200 e. The third-order valence-electron chi connectivity index (χ3n) is 3.38. The molecule has 0 amide bonds. The zero-order chi connectivity index (χ0) is 15.9. The zero-order valence-corrected chi connectivity index (χ0v) is 12.5. The van der Waals surface area contributed by atoms with E-state index in [1.165, 1.54) is 6.26 Å². The van der Waals surface area contributed by atoms with Gasteiger partial charge in [-0.15, -0.1) is 0 Å². The van der Waals surface area contributed by atoms with Gasteiger partial charge in [0.15, 0.2) is 5.43 Å². The third-order valence-corrected chi connectivity index (χ3v) is 3.38. The Labute approximate surface area is 134 Å². The Morgan fingerprint density at radius 2 is 1.65 bits per heavy atom. The fourth-order valence-electron chi connectivity index (χ4n) is 2.24. The normalized spacial score (nSPS) is 12.3. The van der Waals surface area contributed by atoms with E-state index in [0.29, 0.717) is 16.5 Å².